The molecule has 3 heteroatoms. The van der Waals surface area contributed by atoms with Crippen LogP contribution >= 0.6 is 0 Å². The molecule has 0 radical (unpaired) electrons. The molecule has 1 aliphatic heterocycles. The molecule has 0 aliphatic carbocycles. The van der Waals surface area contributed by atoms with Gasteiger partial charge in [-0.2, -0.15) is 0 Å². The van der Waals surface area contributed by atoms with Crippen molar-refractivity contribution in [3.63, 3.8) is 0 Å². The minimum atomic E-state index is 0.147. The van der Waals surface area contributed by atoms with Crippen LogP contribution in [0.15, 0.2) is 12.1 Å². The van der Waals surface area contributed by atoms with Crippen molar-refractivity contribution in [3.05, 3.63) is 28.8 Å². The van der Waals surface area contributed by atoms with Gasteiger partial charge in [0, 0.05) is 24.6 Å². The molecule has 15 heavy (non-hydrogen) atoms. The number of hydrogen-bond donors (Lipinski definition) is 2. The molecule has 1 aromatic rings. The molecule has 3 nitrogen and oxygen atoms in total. The van der Waals surface area contributed by atoms with Gasteiger partial charge in [0.05, 0.1) is 0 Å². The number of carbonyl (C=O) groups excluding carboxylic acids is 1. The minimum Gasteiger partial charge on any atom is -0.399 e. The zero-order valence-electron chi connectivity index (χ0n) is 9.13. The number of nitrogens with two attached hydrogens (primary N) is 1. The first-order valence-electron chi connectivity index (χ1n) is 5.21. The Hall–Kier alpha value is -1.51. The Morgan fingerprint density at radius 1 is 1.33 bits per heavy atom. The van der Waals surface area contributed by atoms with E-state index in [4.69, 9.17) is 5.73 Å². The van der Waals surface area contributed by atoms with Crippen LogP contribution in [-0.2, 0) is 4.79 Å². The monoisotopic (exact) mass is 204 g/mol. The SMILES string of the molecule is Cc1cc([C@H]2CNC(=O)C2)c(C)cc1N. The quantitative estimate of drug-likeness (QED) is 0.681. The van der Waals surface area contributed by atoms with Crippen molar-refractivity contribution in [3.8, 4) is 0 Å². The lowest BCUT2D eigenvalue weighted by Crippen LogP contribution is -2.13. The van der Waals surface area contributed by atoms with Crippen molar-refractivity contribution < 1.29 is 4.79 Å². The molecule has 80 valence electrons. The number of nitrogen functional groups attached to an aromatic ring is 1. The highest BCUT2D eigenvalue weighted by Gasteiger charge is 2.24. The summed E-state index contributed by atoms with van der Waals surface area (Å²) in [6.45, 7) is 4.80. The molecule has 0 unspecified atom stereocenters. The van der Waals surface area contributed by atoms with Crippen molar-refractivity contribution >= 4 is 11.6 Å². The number of carbonyl (C=O) groups is 1. The van der Waals surface area contributed by atoms with Gasteiger partial charge in [0.15, 0.2) is 0 Å². The maximum atomic E-state index is 11.2. The molecule has 1 amide bonds. The maximum Gasteiger partial charge on any atom is 0.220 e. The highest BCUT2D eigenvalue weighted by atomic mass is 16.1. The normalized spacial score (nSPS) is 20.4. The van der Waals surface area contributed by atoms with Crippen LogP contribution in [0.4, 0.5) is 5.69 Å². The number of benzene rings is 1. The Kier molecular flexibility index (Phi) is 2.39. The van der Waals surface area contributed by atoms with Gasteiger partial charge < -0.3 is 11.1 Å². The van der Waals surface area contributed by atoms with E-state index >= 15 is 0 Å². The van der Waals surface area contributed by atoms with Crippen LogP contribution in [-0.4, -0.2) is 12.5 Å². The lowest BCUT2D eigenvalue weighted by molar-refractivity contribution is -0.119. The van der Waals surface area contributed by atoms with Crippen LogP contribution in [0.1, 0.15) is 29.0 Å². The zero-order chi connectivity index (χ0) is 11.0. The van der Waals surface area contributed by atoms with Crippen LogP contribution in [0.25, 0.3) is 0 Å². The predicted molar refractivity (Wildman–Crippen MR) is 60.7 cm³/mol. The number of amides is 1. The second kappa shape index (κ2) is 3.57. The molecule has 0 aromatic heterocycles. The summed E-state index contributed by atoms with van der Waals surface area (Å²) in [6.07, 6.45) is 0.601. The van der Waals surface area contributed by atoms with Crippen molar-refractivity contribution in [1.29, 1.82) is 0 Å². The first kappa shape index (κ1) is 10.0. The van der Waals surface area contributed by atoms with Gasteiger partial charge in [-0.25, -0.2) is 0 Å². The molecule has 2 rings (SSSR count). The van der Waals surface area contributed by atoms with E-state index in [0.29, 0.717) is 12.3 Å². The molecule has 1 aliphatic rings. The fourth-order valence-electron chi connectivity index (χ4n) is 2.13. The predicted octanol–water partition coefficient (Wildman–Crippen LogP) is 1.49. The molecule has 0 bridgehead atoms. The average molecular weight is 204 g/mol. The van der Waals surface area contributed by atoms with Crippen LogP contribution < -0.4 is 11.1 Å². The fourth-order valence-corrected chi connectivity index (χ4v) is 2.13. The third-order valence-corrected chi connectivity index (χ3v) is 3.07. The zero-order valence-corrected chi connectivity index (χ0v) is 9.13. The Balaban J connectivity index is 2.36. The van der Waals surface area contributed by atoms with E-state index in [1.807, 2.05) is 19.9 Å². The first-order valence-corrected chi connectivity index (χ1v) is 5.21. The Labute approximate surface area is 89.7 Å². The second-order valence-corrected chi connectivity index (χ2v) is 4.27. The van der Waals surface area contributed by atoms with E-state index in [1.165, 1.54) is 11.1 Å². The van der Waals surface area contributed by atoms with Crippen molar-refractivity contribution in [2.45, 2.75) is 26.2 Å². The van der Waals surface area contributed by atoms with Gasteiger partial charge in [-0.1, -0.05) is 6.07 Å². The lowest BCUT2D eigenvalue weighted by atomic mass is 9.92. The number of nitrogens with one attached hydrogen (secondary N) is 1. The molecule has 3 N–H and O–H groups in total. The smallest absolute Gasteiger partial charge is 0.220 e. The Morgan fingerprint density at radius 2 is 2.07 bits per heavy atom. The van der Waals surface area contributed by atoms with Gasteiger partial charge in [0.25, 0.3) is 0 Å². The summed E-state index contributed by atoms with van der Waals surface area (Å²) in [7, 11) is 0. The molecular formula is C12H16N2O. The van der Waals surface area contributed by atoms with Crippen molar-refractivity contribution in [1.82, 2.24) is 5.32 Å². The summed E-state index contributed by atoms with van der Waals surface area (Å²) in [5.74, 6) is 0.464. The van der Waals surface area contributed by atoms with E-state index in [9.17, 15) is 4.79 Å². The molecule has 1 atom stereocenters. The molecule has 1 heterocycles. The molecule has 1 aromatic carbocycles. The Morgan fingerprint density at radius 3 is 2.67 bits per heavy atom. The Bertz CT molecular complexity index is 412. The van der Waals surface area contributed by atoms with Gasteiger partial charge in [-0.3, -0.25) is 4.79 Å². The highest BCUT2D eigenvalue weighted by molar-refractivity contribution is 5.79. The summed E-state index contributed by atoms with van der Waals surface area (Å²) < 4.78 is 0. The summed E-state index contributed by atoms with van der Waals surface area (Å²) in [5.41, 5.74) is 10.2. The fraction of sp³-hybridized carbons (Fsp3) is 0.417. The standard InChI is InChI=1S/C12H16N2O/c1-7-4-11(13)8(2)3-10(7)9-5-12(15)14-6-9/h3-4,9H,5-6,13H2,1-2H3,(H,14,15)/t9-/m1/s1. The van der Waals surface area contributed by atoms with Crippen LogP contribution in [0.2, 0.25) is 0 Å². The van der Waals surface area contributed by atoms with Gasteiger partial charge >= 0.3 is 0 Å². The number of anilines is 1. The summed E-state index contributed by atoms with van der Waals surface area (Å²) in [6, 6.07) is 4.10. The third kappa shape index (κ3) is 1.82. The number of aryl methyl sites for hydroxylation is 2. The van der Waals surface area contributed by atoms with E-state index in [0.717, 1.165) is 17.8 Å². The molecule has 0 spiro atoms. The third-order valence-electron chi connectivity index (χ3n) is 3.07. The van der Waals surface area contributed by atoms with E-state index < -0.39 is 0 Å². The number of rotatable bonds is 1. The van der Waals surface area contributed by atoms with E-state index in [2.05, 4.69) is 11.4 Å². The highest BCUT2D eigenvalue weighted by Crippen LogP contribution is 2.28. The lowest BCUT2D eigenvalue weighted by Gasteiger charge is -2.14. The molecule has 1 saturated heterocycles. The molecular weight excluding hydrogens is 188 g/mol. The first-order chi connectivity index (χ1) is 7.08. The van der Waals surface area contributed by atoms with Gasteiger partial charge in [0.2, 0.25) is 5.91 Å². The second-order valence-electron chi connectivity index (χ2n) is 4.27. The van der Waals surface area contributed by atoms with Crippen LogP contribution in [0, 0.1) is 13.8 Å². The van der Waals surface area contributed by atoms with Crippen molar-refractivity contribution in [2.75, 3.05) is 12.3 Å². The maximum absolute atomic E-state index is 11.2. The largest absolute Gasteiger partial charge is 0.399 e. The van der Waals surface area contributed by atoms with Crippen molar-refractivity contribution in [2.24, 2.45) is 0 Å². The van der Waals surface area contributed by atoms with Gasteiger partial charge in [-0.05, 0) is 36.6 Å². The van der Waals surface area contributed by atoms with E-state index in [1.54, 1.807) is 0 Å². The van der Waals surface area contributed by atoms with E-state index in [-0.39, 0.29) is 5.91 Å². The summed E-state index contributed by atoms with van der Waals surface area (Å²) >= 11 is 0. The summed E-state index contributed by atoms with van der Waals surface area (Å²) in [4.78, 5) is 11.2. The average Bonchev–Trinajstić information content (AvgIpc) is 2.58. The topological polar surface area (TPSA) is 55.1 Å². The van der Waals surface area contributed by atoms with Gasteiger partial charge in [0.1, 0.15) is 0 Å². The van der Waals surface area contributed by atoms with Crippen LogP contribution in [0.5, 0.6) is 0 Å². The molecule has 0 saturated carbocycles. The van der Waals surface area contributed by atoms with Crippen LogP contribution in [0.3, 0.4) is 0 Å². The van der Waals surface area contributed by atoms with Gasteiger partial charge in [-0.15, -0.1) is 0 Å². The number of hydrogen-bond acceptors (Lipinski definition) is 2. The minimum absolute atomic E-state index is 0.147. The summed E-state index contributed by atoms with van der Waals surface area (Å²) in [5, 5.41) is 2.86. The molecule has 1 fully saturated rings.